The van der Waals surface area contributed by atoms with E-state index in [1.54, 1.807) is 18.2 Å². The molecule has 0 saturated heterocycles. The number of benzene rings is 1. The van der Waals surface area contributed by atoms with E-state index in [4.69, 9.17) is 11.5 Å². The first-order valence-corrected chi connectivity index (χ1v) is 5.48. The van der Waals surface area contributed by atoms with Crippen LogP contribution in [0.5, 0.6) is 0 Å². The summed E-state index contributed by atoms with van der Waals surface area (Å²) in [7, 11) is 3.84. The molecular weight excluding hydrogens is 230 g/mol. The van der Waals surface area contributed by atoms with E-state index in [9.17, 15) is 4.79 Å². The summed E-state index contributed by atoms with van der Waals surface area (Å²) in [5, 5.41) is 0.521. The lowest BCUT2D eigenvalue weighted by Crippen LogP contribution is -2.16. The van der Waals surface area contributed by atoms with Crippen molar-refractivity contribution in [2.24, 2.45) is 5.73 Å². The number of amides is 1. The van der Waals surface area contributed by atoms with Crippen molar-refractivity contribution in [1.29, 1.82) is 0 Å². The van der Waals surface area contributed by atoms with Crippen LogP contribution in [0.2, 0.25) is 0 Å². The Hall–Kier alpha value is -2.21. The molecule has 0 fully saturated rings. The monoisotopic (exact) mass is 245 g/mol. The van der Waals surface area contributed by atoms with E-state index in [1.165, 1.54) is 0 Å². The van der Waals surface area contributed by atoms with Gasteiger partial charge in [0.25, 0.3) is 0 Å². The second kappa shape index (κ2) is 4.58. The number of hydrogen-bond acceptors (Lipinski definition) is 5. The number of carbonyl (C=O) groups excluding carboxylic acids is 1. The molecule has 0 aliphatic heterocycles. The molecule has 0 spiro atoms. The van der Waals surface area contributed by atoms with Gasteiger partial charge in [-0.1, -0.05) is 6.07 Å². The quantitative estimate of drug-likeness (QED) is 0.814. The van der Waals surface area contributed by atoms with Crippen molar-refractivity contribution in [3.63, 3.8) is 0 Å². The maximum atomic E-state index is 11.3. The molecule has 1 heterocycles. The van der Waals surface area contributed by atoms with Crippen LogP contribution >= 0.6 is 0 Å². The highest BCUT2D eigenvalue weighted by Crippen LogP contribution is 2.22. The van der Waals surface area contributed by atoms with Crippen molar-refractivity contribution in [3.05, 3.63) is 29.6 Å². The summed E-state index contributed by atoms with van der Waals surface area (Å²) in [5.74, 6) is 0.370. The van der Waals surface area contributed by atoms with Gasteiger partial charge in [0.05, 0.1) is 23.0 Å². The number of nitrogen functional groups attached to an aromatic ring is 1. The predicted octanol–water partition coefficient (Wildman–Crippen LogP) is 0.372. The van der Waals surface area contributed by atoms with E-state index in [0.717, 1.165) is 0 Å². The Bertz CT molecular complexity index is 609. The molecule has 2 rings (SSSR count). The van der Waals surface area contributed by atoms with E-state index in [0.29, 0.717) is 28.8 Å². The Morgan fingerprint density at radius 2 is 2.06 bits per heavy atom. The summed E-state index contributed by atoms with van der Waals surface area (Å²) in [4.78, 5) is 21.9. The molecule has 0 bridgehead atoms. The van der Waals surface area contributed by atoms with Crippen molar-refractivity contribution < 1.29 is 4.79 Å². The maximum absolute atomic E-state index is 11.3. The van der Waals surface area contributed by atoms with Crippen LogP contribution in [0, 0.1) is 0 Å². The first-order chi connectivity index (χ1) is 8.49. The molecule has 2 aromatic rings. The fraction of sp³-hybridized carbons (Fsp3) is 0.250. The molecule has 6 heteroatoms. The second-order valence-corrected chi connectivity index (χ2v) is 4.33. The average Bonchev–Trinajstić information content (AvgIpc) is 2.26. The number of aromatic nitrogens is 2. The van der Waals surface area contributed by atoms with Gasteiger partial charge in [-0.05, 0) is 26.2 Å². The van der Waals surface area contributed by atoms with Gasteiger partial charge in [-0.15, -0.1) is 0 Å². The summed E-state index contributed by atoms with van der Waals surface area (Å²) in [6.45, 7) is 0.584. The van der Waals surface area contributed by atoms with Crippen molar-refractivity contribution in [2.75, 3.05) is 19.8 Å². The lowest BCUT2D eigenvalue weighted by molar-refractivity contribution is 0.100. The largest absolute Gasteiger partial charge is 0.383 e. The van der Waals surface area contributed by atoms with Gasteiger partial charge in [-0.25, -0.2) is 9.97 Å². The first-order valence-electron chi connectivity index (χ1n) is 5.48. The summed E-state index contributed by atoms with van der Waals surface area (Å²) in [6.07, 6.45) is 0. The topological polar surface area (TPSA) is 98.1 Å². The lowest BCUT2D eigenvalue weighted by Gasteiger charge is -2.11. The SMILES string of the molecule is CN(C)Cc1nc(N)c2c(C(N)=O)cccc2n1. The van der Waals surface area contributed by atoms with Gasteiger partial charge in [0, 0.05) is 0 Å². The third-order valence-electron chi connectivity index (χ3n) is 2.52. The number of nitrogens with zero attached hydrogens (tertiary/aromatic N) is 3. The van der Waals surface area contributed by atoms with Gasteiger partial charge in [-0.3, -0.25) is 4.79 Å². The molecule has 0 unspecified atom stereocenters. The van der Waals surface area contributed by atoms with E-state index < -0.39 is 5.91 Å². The molecule has 6 nitrogen and oxygen atoms in total. The number of rotatable bonds is 3. The zero-order valence-corrected chi connectivity index (χ0v) is 10.3. The number of fused-ring (bicyclic) bond motifs is 1. The Kier molecular flexibility index (Phi) is 3.12. The average molecular weight is 245 g/mol. The van der Waals surface area contributed by atoms with E-state index in [1.807, 2.05) is 19.0 Å². The van der Waals surface area contributed by atoms with Crippen molar-refractivity contribution >= 4 is 22.6 Å². The molecule has 1 amide bonds. The van der Waals surface area contributed by atoms with Gasteiger partial charge < -0.3 is 16.4 Å². The zero-order chi connectivity index (χ0) is 13.3. The molecule has 0 atom stereocenters. The Morgan fingerprint density at radius 3 is 2.67 bits per heavy atom. The minimum absolute atomic E-state index is 0.284. The summed E-state index contributed by atoms with van der Waals surface area (Å²) in [5.41, 5.74) is 12.2. The summed E-state index contributed by atoms with van der Waals surface area (Å²) in [6, 6.07) is 5.14. The van der Waals surface area contributed by atoms with Crippen LogP contribution in [0.1, 0.15) is 16.2 Å². The Balaban J connectivity index is 2.65. The first kappa shape index (κ1) is 12.3. The summed E-state index contributed by atoms with van der Waals surface area (Å²) >= 11 is 0. The van der Waals surface area contributed by atoms with Crippen LogP contribution in [0.25, 0.3) is 10.9 Å². The highest BCUT2D eigenvalue weighted by atomic mass is 16.1. The molecule has 0 saturated carbocycles. The number of nitrogens with two attached hydrogens (primary N) is 2. The van der Waals surface area contributed by atoms with Crippen molar-refractivity contribution in [1.82, 2.24) is 14.9 Å². The molecule has 18 heavy (non-hydrogen) atoms. The van der Waals surface area contributed by atoms with Crippen LogP contribution < -0.4 is 11.5 Å². The number of anilines is 1. The van der Waals surface area contributed by atoms with Crippen LogP contribution in [0.3, 0.4) is 0 Å². The van der Waals surface area contributed by atoms with Gasteiger partial charge in [0.2, 0.25) is 5.91 Å². The normalized spacial score (nSPS) is 11.1. The fourth-order valence-electron chi connectivity index (χ4n) is 1.82. The fourth-order valence-corrected chi connectivity index (χ4v) is 1.82. The molecule has 1 aromatic carbocycles. The number of carbonyl (C=O) groups is 1. The highest BCUT2D eigenvalue weighted by molar-refractivity contribution is 6.08. The molecule has 0 aliphatic carbocycles. The van der Waals surface area contributed by atoms with Gasteiger partial charge in [0.1, 0.15) is 11.6 Å². The molecular formula is C12H15N5O. The highest BCUT2D eigenvalue weighted by Gasteiger charge is 2.12. The standard InChI is InChI=1S/C12H15N5O/c1-17(2)6-9-15-8-5-3-4-7(12(14)18)10(8)11(13)16-9/h3-5H,6H2,1-2H3,(H2,14,18)(H2,13,15,16). The van der Waals surface area contributed by atoms with E-state index in [2.05, 4.69) is 9.97 Å². The van der Waals surface area contributed by atoms with Crippen LogP contribution in [-0.2, 0) is 6.54 Å². The molecule has 0 aliphatic rings. The number of primary amides is 1. The third-order valence-corrected chi connectivity index (χ3v) is 2.52. The minimum atomic E-state index is -0.531. The van der Waals surface area contributed by atoms with E-state index in [-0.39, 0.29) is 5.82 Å². The van der Waals surface area contributed by atoms with Gasteiger partial charge in [0.15, 0.2) is 0 Å². The Morgan fingerprint density at radius 1 is 1.33 bits per heavy atom. The lowest BCUT2D eigenvalue weighted by atomic mass is 10.1. The van der Waals surface area contributed by atoms with Crippen molar-refractivity contribution in [3.8, 4) is 0 Å². The van der Waals surface area contributed by atoms with Crippen LogP contribution in [0.4, 0.5) is 5.82 Å². The van der Waals surface area contributed by atoms with Crippen LogP contribution in [-0.4, -0.2) is 34.9 Å². The van der Waals surface area contributed by atoms with Gasteiger partial charge in [-0.2, -0.15) is 0 Å². The predicted molar refractivity (Wildman–Crippen MR) is 69.9 cm³/mol. The smallest absolute Gasteiger partial charge is 0.249 e. The molecule has 4 N–H and O–H groups in total. The van der Waals surface area contributed by atoms with E-state index >= 15 is 0 Å². The molecule has 1 aromatic heterocycles. The van der Waals surface area contributed by atoms with Crippen molar-refractivity contribution in [2.45, 2.75) is 6.54 Å². The zero-order valence-electron chi connectivity index (χ0n) is 10.3. The molecule has 0 radical (unpaired) electrons. The third kappa shape index (κ3) is 2.23. The second-order valence-electron chi connectivity index (χ2n) is 4.33. The minimum Gasteiger partial charge on any atom is -0.383 e. The maximum Gasteiger partial charge on any atom is 0.249 e. The Labute approximate surface area is 105 Å². The molecule has 94 valence electrons. The van der Waals surface area contributed by atoms with Crippen LogP contribution in [0.15, 0.2) is 18.2 Å². The number of hydrogen-bond donors (Lipinski definition) is 2. The summed E-state index contributed by atoms with van der Waals surface area (Å²) < 4.78 is 0. The van der Waals surface area contributed by atoms with Gasteiger partial charge >= 0.3 is 0 Å².